The zero-order valence-corrected chi connectivity index (χ0v) is 16.9. The molecule has 3 aliphatic rings. The molecule has 3 fully saturated rings. The minimum atomic E-state index is -2.68. The van der Waals surface area contributed by atoms with E-state index in [0.717, 1.165) is 6.42 Å². The molecule has 28 heavy (non-hydrogen) atoms. The molecule has 0 aromatic heterocycles. The van der Waals surface area contributed by atoms with Crippen molar-refractivity contribution >= 4 is 11.8 Å². The van der Waals surface area contributed by atoms with E-state index in [0.29, 0.717) is 38.4 Å². The normalized spacial score (nSPS) is 30.8. The standard InChI is InChI=1S/C20H33F2N3O3/c1-14(2)10-17-16(19(28)24-7-4-20(21,22)5-8-24)11-15-12-23(6-3-9-26)13-18(27)25(15)17/h14-17,26H,3-13H2,1-2H3/t15-,16-,17-/m1/s1. The molecule has 3 rings (SSSR count). The summed E-state index contributed by atoms with van der Waals surface area (Å²) in [5, 5.41) is 9.06. The Morgan fingerprint density at radius 3 is 2.57 bits per heavy atom. The van der Waals surface area contributed by atoms with Crippen LogP contribution < -0.4 is 0 Å². The summed E-state index contributed by atoms with van der Waals surface area (Å²) in [4.78, 5) is 31.6. The molecule has 0 spiro atoms. The molecule has 0 saturated carbocycles. The highest BCUT2D eigenvalue weighted by Gasteiger charge is 2.50. The smallest absolute Gasteiger partial charge is 0.251 e. The van der Waals surface area contributed by atoms with Crippen LogP contribution in [0.25, 0.3) is 0 Å². The molecule has 3 heterocycles. The van der Waals surface area contributed by atoms with Gasteiger partial charge in [-0.05, 0) is 25.2 Å². The van der Waals surface area contributed by atoms with Gasteiger partial charge in [0, 0.05) is 57.7 Å². The lowest BCUT2D eigenvalue weighted by molar-refractivity contribution is -0.144. The molecule has 2 amide bonds. The fourth-order valence-electron chi connectivity index (χ4n) is 4.99. The van der Waals surface area contributed by atoms with Gasteiger partial charge in [-0.25, -0.2) is 8.78 Å². The summed E-state index contributed by atoms with van der Waals surface area (Å²) < 4.78 is 27.0. The molecule has 0 aromatic carbocycles. The summed E-state index contributed by atoms with van der Waals surface area (Å²) in [7, 11) is 0. The molecule has 0 unspecified atom stereocenters. The predicted molar refractivity (Wildman–Crippen MR) is 101 cm³/mol. The number of carbonyl (C=O) groups excluding carboxylic acids is 2. The van der Waals surface area contributed by atoms with Crippen LogP contribution in [0.15, 0.2) is 0 Å². The van der Waals surface area contributed by atoms with Gasteiger partial charge in [0.1, 0.15) is 0 Å². The Labute approximate surface area is 165 Å². The van der Waals surface area contributed by atoms with Crippen molar-refractivity contribution in [2.75, 3.05) is 39.3 Å². The van der Waals surface area contributed by atoms with Crippen molar-refractivity contribution < 1.29 is 23.5 Å². The summed E-state index contributed by atoms with van der Waals surface area (Å²) >= 11 is 0. The van der Waals surface area contributed by atoms with E-state index in [1.165, 1.54) is 0 Å². The topological polar surface area (TPSA) is 64.1 Å². The summed E-state index contributed by atoms with van der Waals surface area (Å²) in [6, 6.07) is -0.156. The van der Waals surface area contributed by atoms with Crippen LogP contribution in [0.4, 0.5) is 8.78 Å². The highest BCUT2D eigenvalue weighted by molar-refractivity contribution is 5.85. The van der Waals surface area contributed by atoms with Crippen LogP contribution in [-0.4, -0.2) is 89.0 Å². The number of amides is 2. The van der Waals surface area contributed by atoms with Crippen LogP contribution >= 0.6 is 0 Å². The second-order valence-electron chi connectivity index (χ2n) is 8.99. The van der Waals surface area contributed by atoms with E-state index >= 15 is 0 Å². The molecule has 0 radical (unpaired) electrons. The molecule has 0 bridgehead atoms. The number of hydrogen-bond acceptors (Lipinski definition) is 4. The Morgan fingerprint density at radius 1 is 1.29 bits per heavy atom. The summed E-state index contributed by atoms with van der Waals surface area (Å²) in [5.41, 5.74) is 0. The Hall–Kier alpha value is -1.28. The molecule has 3 saturated heterocycles. The van der Waals surface area contributed by atoms with Gasteiger partial charge in [-0.3, -0.25) is 14.5 Å². The largest absolute Gasteiger partial charge is 0.396 e. The molecule has 8 heteroatoms. The third-order valence-electron chi connectivity index (χ3n) is 6.33. The molecule has 1 N–H and O–H groups in total. The maximum atomic E-state index is 13.5. The lowest BCUT2D eigenvalue weighted by Crippen LogP contribution is -2.57. The fraction of sp³-hybridized carbons (Fsp3) is 0.900. The van der Waals surface area contributed by atoms with Gasteiger partial charge in [-0.2, -0.15) is 0 Å². The molecule has 6 nitrogen and oxygen atoms in total. The van der Waals surface area contributed by atoms with Crippen LogP contribution in [0.5, 0.6) is 0 Å². The number of aliphatic hydroxyl groups excluding tert-OH is 1. The Bertz CT molecular complexity index is 577. The number of likely N-dealkylation sites (tertiary alicyclic amines) is 1. The highest BCUT2D eigenvalue weighted by atomic mass is 19.3. The first-order valence-electron chi connectivity index (χ1n) is 10.5. The summed E-state index contributed by atoms with van der Waals surface area (Å²) in [6.07, 6.45) is 1.42. The SMILES string of the molecule is CC(C)C[C@@H]1[C@H](C(=O)N2CCC(F)(F)CC2)C[C@@H]2CN(CCCO)CC(=O)N21. The van der Waals surface area contributed by atoms with Gasteiger partial charge >= 0.3 is 0 Å². The van der Waals surface area contributed by atoms with Crippen molar-refractivity contribution in [1.29, 1.82) is 0 Å². The lowest BCUT2D eigenvalue weighted by atomic mass is 9.90. The van der Waals surface area contributed by atoms with E-state index in [9.17, 15) is 18.4 Å². The van der Waals surface area contributed by atoms with E-state index in [1.807, 2.05) is 4.90 Å². The Morgan fingerprint density at radius 2 is 1.96 bits per heavy atom. The molecular weight excluding hydrogens is 368 g/mol. The van der Waals surface area contributed by atoms with Crippen molar-refractivity contribution in [3.05, 3.63) is 0 Å². The highest BCUT2D eigenvalue weighted by Crippen LogP contribution is 2.38. The molecule has 160 valence electrons. The number of aliphatic hydroxyl groups is 1. The number of rotatable bonds is 6. The van der Waals surface area contributed by atoms with Crippen molar-refractivity contribution in [3.8, 4) is 0 Å². The van der Waals surface area contributed by atoms with Crippen molar-refractivity contribution in [3.63, 3.8) is 0 Å². The molecule has 3 atom stereocenters. The van der Waals surface area contributed by atoms with E-state index < -0.39 is 5.92 Å². The number of halogens is 2. The Balaban J connectivity index is 1.73. The molecule has 3 aliphatic heterocycles. The first kappa shape index (κ1) is 21.4. The zero-order valence-electron chi connectivity index (χ0n) is 16.9. The van der Waals surface area contributed by atoms with Crippen molar-refractivity contribution in [1.82, 2.24) is 14.7 Å². The van der Waals surface area contributed by atoms with Crippen LogP contribution in [0.2, 0.25) is 0 Å². The van der Waals surface area contributed by atoms with Crippen LogP contribution in [0, 0.1) is 11.8 Å². The minimum absolute atomic E-state index is 0.0103. The third kappa shape index (κ3) is 4.64. The lowest BCUT2D eigenvalue weighted by Gasteiger charge is -2.40. The summed E-state index contributed by atoms with van der Waals surface area (Å²) in [5.74, 6) is -2.67. The van der Waals surface area contributed by atoms with Gasteiger partial charge in [-0.1, -0.05) is 13.8 Å². The van der Waals surface area contributed by atoms with Gasteiger partial charge in [-0.15, -0.1) is 0 Å². The van der Waals surface area contributed by atoms with Crippen LogP contribution in [-0.2, 0) is 9.59 Å². The van der Waals surface area contributed by atoms with Gasteiger partial charge in [0.15, 0.2) is 0 Å². The first-order valence-corrected chi connectivity index (χ1v) is 10.5. The summed E-state index contributed by atoms with van der Waals surface area (Å²) in [6.45, 7) is 6.15. The minimum Gasteiger partial charge on any atom is -0.396 e. The van der Waals surface area contributed by atoms with E-state index in [4.69, 9.17) is 5.11 Å². The average molecular weight is 401 g/mol. The monoisotopic (exact) mass is 401 g/mol. The maximum absolute atomic E-state index is 13.5. The van der Waals surface area contributed by atoms with Crippen LogP contribution in [0.1, 0.15) is 46.0 Å². The number of carbonyl (C=O) groups is 2. The molecule has 0 aromatic rings. The number of alkyl halides is 2. The average Bonchev–Trinajstić information content (AvgIpc) is 2.97. The molecule has 0 aliphatic carbocycles. The van der Waals surface area contributed by atoms with E-state index in [1.54, 1.807) is 4.90 Å². The third-order valence-corrected chi connectivity index (χ3v) is 6.33. The van der Waals surface area contributed by atoms with Gasteiger partial charge in [0.25, 0.3) is 5.92 Å². The van der Waals surface area contributed by atoms with E-state index in [-0.39, 0.29) is 62.4 Å². The molecular formula is C20H33F2N3O3. The van der Waals surface area contributed by atoms with Crippen molar-refractivity contribution in [2.24, 2.45) is 11.8 Å². The van der Waals surface area contributed by atoms with Gasteiger partial charge < -0.3 is 14.9 Å². The van der Waals surface area contributed by atoms with E-state index in [2.05, 4.69) is 18.7 Å². The predicted octanol–water partition coefficient (Wildman–Crippen LogP) is 1.57. The fourth-order valence-corrected chi connectivity index (χ4v) is 4.99. The number of nitrogens with zero attached hydrogens (tertiary/aromatic N) is 3. The second kappa shape index (κ2) is 8.61. The number of piperidine rings is 1. The Kier molecular flexibility index (Phi) is 6.59. The van der Waals surface area contributed by atoms with Crippen LogP contribution in [0.3, 0.4) is 0 Å². The number of fused-ring (bicyclic) bond motifs is 1. The number of piperazine rings is 1. The zero-order chi connectivity index (χ0) is 20.5. The second-order valence-corrected chi connectivity index (χ2v) is 8.99. The van der Waals surface area contributed by atoms with Gasteiger partial charge in [0.2, 0.25) is 11.8 Å². The van der Waals surface area contributed by atoms with Gasteiger partial charge in [0.05, 0.1) is 12.5 Å². The number of hydrogen-bond donors (Lipinski definition) is 1. The first-order chi connectivity index (χ1) is 13.2. The van der Waals surface area contributed by atoms with Crippen molar-refractivity contribution in [2.45, 2.75) is 64.0 Å². The quantitative estimate of drug-likeness (QED) is 0.734. The maximum Gasteiger partial charge on any atom is 0.251 e.